The quantitative estimate of drug-likeness (QED) is 0.761. The number of ether oxygens (including phenoxy) is 1. The van der Waals surface area contributed by atoms with E-state index in [4.69, 9.17) is 0 Å². The molecule has 0 spiro atoms. The van der Waals surface area contributed by atoms with Gasteiger partial charge in [0.05, 0.1) is 13.7 Å². The molecule has 1 amide bonds. The normalized spacial score (nSPS) is 14.7. The Kier molecular flexibility index (Phi) is 4.57. The molecule has 0 aliphatic carbocycles. The minimum absolute atomic E-state index is 0.136. The van der Waals surface area contributed by atoms with Crippen LogP contribution in [0.1, 0.15) is 29.0 Å². The van der Waals surface area contributed by atoms with Gasteiger partial charge in [0, 0.05) is 25.3 Å². The van der Waals surface area contributed by atoms with E-state index in [0.717, 1.165) is 31.6 Å². The van der Waals surface area contributed by atoms with Gasteiger partial charge in [0.1, 0.15) is 5.69 Å². The Bertz CT molecular complexity index is 450. The molecule has 1 aromatic heterocycles. The van der Waals surface area contributed by atoms with Gasteiger partial charge in [0.25, 0.3) is 0 Å². The van der Waals surface area contributed by atoms with Crippen LogP contribution in [0.15, 0.2) is 12.1 Å². The molecule has 104 valence electrons. The molecule has 1 saturated heterocycles. The van der Waals surface area contributed by atoms with E-state index in [-0.39, 0.29) is 11.9 Å². The molecule has 1 fully saturated rings. The average molecular weight is 265 g/mol. The number of rotatable bonds is 5. The highest BCUT2D eigenvalue weighted by Crippen LogP contribution is 2.07. The number of nitrogens with zero attached hydrogens (tertiary/aromatic N) is 1. The molecule has 2 rings (SSSR count). The van der Waals surface area contributed by atoms with Crippen molar-refractivity contribution in [2.45, 2.75) is 19.4 Å². The molecule has 6 heteroatoms. The first-order chi connectivity index (χ1) is 9.20. The van der Waals surface area contributed by atoms with Crippen molar-refractivity contribution in [3.05, 3.63) is 23.5 Å². The van der Waals surface area contributed by atoms with Crippen LogP contribution in [0.5, 0.6) is 0 Å². The fourth-order valence-electron chi connectivity index (χ4n) is 2.15. The molecule has 0 atom stereocenters. The molecule has 1 aliphatic rings. The number of nitrogens with one attached hydrogen (secondary N) is 2. The minimum Gasteiger partial charge on any atom is -0.464 e. The topological polar surface area (TPSA) is 74.4 Å². The maximum absolute atomic E-state index is 11.8. The Labute approximate surface area is 112 Å². The number of amides is 1. The first-order valence-electron chi connectivity index (χ1n) is 6.45. The van der Waals surface area contributed by atoms with Crippen LogP contribution in [0, 0.1) is 0 Å². The Morgan fingerprint density at radius 2 is 2.11 bits per heavy atom. The maximum Gasteiger partial charge on any atom is 0.354 e. The molecule has 1 aliphatic heterocycles. The van der Waals surface area contributed by atoms with Crippen LogP contribution >= 0.6 is 0 Å². The lowest BCUT2D eigenvalue weighted by Gasteiger charge is -2.15. The molecule has 0 bridgehead atoms. The average Bonchev–Trinajstić information content (AvgIpc) is 3.08. The molecule has 0 saturated carbocycles. The van der Waals surface area contributed by atoms with Crippen LogP contribution in [0.25, 0.3) is 0 Å². The van der Waals surface area contributed by atoms with E-state index in [1.165, 1.54) is 7.11 Å². The SMILES string of the molecule is COC(=O)c1ccc(CNCC(=O)N2CCCC2)[nH]1. The van der Waals surface area contributed by atoms with E-state index >= 15 is 0 Å². The molecular formula is C13H19N3O3. The molecular weight excluding hydrogens is 246 g/mol. The first kappa shape index (κ1) is 13.6. The van der Waals surface area contributed by atoms with Gasteiger partial charge in [0.15, 0.2) is 0 Å². The third-order valence-electron chi connectivity index (χ3n) is 3.20. The number of aromatic amines is 1. The van der Waals surface area contributed by atoms with Crippen molar-refractivity contribution < 1.29 is 14.3 Å². The van der Waals surface area contributed by atoms with Crippen LogP contribution in [-0.2, 0) is 16.1 Å². The Balaban J connectivity index is 1.74. The van der Waals surface area contributed by atoms with Crippen molar-refractivity contribution in [2.75, 3.05) is 26.7 Å². The third kappa shape index (κ3) is 3.57. The molecule has 2 heterocycles. The predicted octanol–water partition coefficient (Wildman–Crippen LogP) is 0.513. The molecule has 0 unspecified atom stereocenters. The second-order valence-corrected chi connectivity index (χ2v) is 4.58. The fraction of sp³-hybridized carbons (Fsp3) is 0.538. The standard InChI is InChI=1S/C13H19N3O3/c1-19-13(18)11-5-4-10(15-11)8-14-9-12(17)16-6-2-3-7-16/h4-5,14-15H,2-3,6-9H2,1H3. The highest BCUT2D eigenvalue weighted by atomic mass is 16.5. The smallest absolute Gasteiger partial charge is 0.354 e. The fourth-order valence-corrected chi connectivity index (χ4v) is 2.15. The number of methoxy groups -OCH3 is 1. The molecule has 1 aromatic rings. The van der Waals surface area contributed by atoms with Crippen LogP contribution in [0.4, 0.5) is 0 Å². The summed E-state index contributed by atoms with van der Waals surface area (Å²) in [7, 11) is 1.34. The van der Waals surface area contributed by atoms with E-state index < -0.39 is 0 Å². The zero-order valence-corrected chi connectivity index (χ0v) is 11.1. The van der Waals surface area contributed by atoms with Gasteiger partial charge >= 0.3 is 5.97 Å². The van der Waals surface area contributed by atoms with Crippen LogP contribution in [-0.4, -0.2) is 48.5 Å². The van der Waals surface area contributed by atoms with E-state index in [0.29, 0.717) is 18.8 Å². The predicted molar refractivity (Wildman–Crippen MR) is 69.7 cm³/mol. The number of likely N-dealkylation sites (tertiary alicyclic amines) is 1. The Morgan fingerprint density at radius 3 is 2.79 bits per heavy atom. The zero-order chi connectivity index (χ0) is 13.7. The van der Waals surface area contributed by atoms with Crippen molar-refractivity contribution in [3.63, 3.8) is 0 Å². The summed E-state index contributed by atoms with van der Waals surface area (Å²) in [5, 5.41) is 3.07. The summed E-state index contributed by atoms with van der Waals surface area (Å²) >= 11 is 0. The Hall–Kier alpha value is -1.82. The molecule has 2 N–H and O–H groups in total. The number of hydrogen-bond acceptors (Lipinski definition) is 4. The summed E-state index contributed by atoms with van der Waals surface area (Å²) in [4.78, 5) is 27.8. The van der Waals surface area contributed by atoms with Crippen molar-refractivity contribution in [1.82, 2.24) is 15.2 Å². The van der Waals surface area contributed by atoms with Crippen molar-refractivity contribution in [1.29, 1.82) is 0 Å². The van der Waals surface area contributed by atoms with Crippen molar-refractivity contribution in [3.8, 4) is 0 Å². The number of hydrogen-bond donors (Lipinski definition) is 2. The van der Waals surface area contributed by atoms with Crippen LogP contribution < -0.4 is 5.32 Å². The zero-order valence-electron chi connectivity index (χ0n) is 11.1. The summed E-state index contributed by atoms with van der Waals surface area (Å²) in [6.07, 6.45) is 2.20. The lowest BCUT2D eigenvalue weighted by molar-refractivity contribution is -0.129. The van der Waals surface area contributed by atoms with Crippen LogP contribution in [0.2, 0.25) is 0 Å². The molecule has 6 nitrogen and oxygen atoms in total. The summed E-state index contributed by atoms with van der Waals surface area (Å²) in [6.45, 7) is 2.59. The lowest BCUT2D eigenvalue weighted by Crippen LogP contribution is -2.36. The second-order valence-electron chi connectivity index (χ2n) is 4.58. The van der Waals surface area contributed by atoms with Crippen molar-refractivity contribution in [2.24, 2.45) is 0 Å². The number of H-pyrrole nitrogens is 1. The summed E-state index contributed by atoms with van der Waals surface area (Å²) < 4.78 is 4.61. The highest BCUT2D eigenvalue weighted by Gasteiger charge is 2.17. The van der Waals surface area contributed by atoms with Gasteiger partial charge in [-0.2, -0.15) is 0 Å². The summed E-state index contributed by atoms with van der Waals surface area (Å²) in [6, 6.07) is 3.48. The monoisotopic (exact) mass is 265 g/mol. The lowest BCUT2D eigenvalue weighted by atomic mass is 10.4. The third-order valence-corrected chi connectivity index (χ3v) is 3.20. The summed E-state index contributed by atoms with van der Waals surface area (Å²) in [5.74, 6) is -0.253. The maximum atomic E-state index is 11.8. The number of esters is 1. The van der Waals surface area contributed by atoms with Gasteiger partial charge in [-0.1, -0.05) is 0 Å². The van der Waals surface area contributed by atoms with Crippen molar-refractivity contribution >= 4 is 11.9 Å². The molecule has 0 aromatic carbocycles. The van der Waals surface area contributed by atoms with Gasteiger partial charge in [0.2, 0.25) is 5.91 Å². The van der Waals surface area contributed by atoms with E-state index in [1.54, 1.807) is 12.1 Å². The number of carbonyl (C=O) groups is 2. The molecule has 19 heavy (non-hydrogen) atoms. The number of aromatic nitrogens is 1. The second kappa shape index (κ2) is 6.38. The van der Waals surface area contributed by atoms with Gasteiger partial charge in [-0.3, -0.25) is 4.79 Å². The van der Waals surface area contributed by atoms with Gasteiger partial charge in [-0.25, -0.2) is 4.79 Å². The van der Waals surface area contributed by atoms with E-state index in [2.05, 4.69) is 15.0 Å². The van der Waals surface area contributed by atoms with Gasteiger partial charge in [-0.05, 0) is 25.0 Å². The van der Waals surface area contributed by atoms with Crippen LogP contribution in [0.3, 0.4) is 0 Å². The number of carbonyl (C=O) groups excluding carboxylic acids is 2. The first-order valence-corrected chi connectivity index (χ1v) is 6.45. The van der Waals surface area contributed by atoms with Gasteiger partial charge < -0.3 is 19.9 Å². The minimum atomic E-state index is -0.389. The molecule has 0 radical (unpaired) electrons. The summed E-state index contributed by atoms with van der Waals surface area (Å²) in [5.41, 5.74) is 1.28. The van der Waals surface area contributed by atoms with E-state index in [9.17, 15) is 9.59 Å². The largest absolute Gasteiger partial charge is 0.464 e. The van der Waals surface area contributed by atoms with Gasteiger partial charge in [-0.15, -0.1) is 0 Å². The van der Waals surface area contributed by atoms with E-state index in [1.807, 2.05) is 4.90 Å². The Morgan fingerprint density at radius 1 is 1.37 bits per heavy atom. The highest BCUT2D eigenvalue weighted by molar-refractivity contribution is 5.87.